The Morgan fingerprint density at radius 2 is 1.93 bits per heavy atom. The maximum atomic E-state index is 12.9. The number of β-amino-alcohol motifs (C(OH)–C–C–N with tert-alkyl or cyclic N) is 1. The summed E-state index contributed by atoms with van der Waals surface area (Å²) in [5.74, 6) is 0. The van der Waals surface area contributed by atoms with Gasteiger partial charge in [0, 0.05) is 49.8 Å². The van der Waals surface area contributed by atoms with Gasteiger partial charge in [-0.25, -0.2) is 9.97 Å². The summed E-state index contributed by atoms with van der Waals surface area (Å²) in [6.07, 6.45) is 5.75. The smallest absolute Gasteiger partial charge is 0.261 e. The Kier molecular flexibility index (Phi) is 5.54. The average molecular weight is 426 g/mol. The predicted octanol–water partition coefficient (Wildman–Crippen LogP) is 2.82. The van der Waals surface area contributed by atoms with E-state index < -0.39 is 6.10 Å². The topological polar surface area (TPSA) is 74.5 Å². The van der Waals surface area contributed by atoms with Crippen LogP contribution in [0.3, 0.4) is 0 Å². The minimum absolute atomic E-state index is 0.0827. The number of benzene rings is 1. The van der Waals surface area contributed by atoms with Crippen molar-refractivity contribution in [2.24, 2.45) is 0 Å². The number of thiazole rings is 1. The fourth-order valence-corrected chi connectivity index (χ4v) is 5.28. The van der Waals surface area contributed by atoms with Crippen LogP contribution in [0.25, 0.3) is 10.9 Å². The molecule has 2 aromatic heterocycles. The van der Waals surface area contributed by atoms with Gasteiger partial charge < -0.3 is 10.0 Å². The van der Waals surface area contributed by atoms with Gasteiger partial charge in [0.25, 0.3) is 5.56 Å². The fourth-order valence-electron chi connectivity index (χ4n) is 4.68. The number of fused-ring (bicyclic) bond motifs is 1. The van der Waals surface area contributed by atoms with Crippen LogP contribution >= 0.6 is 11.3 Å². The summed E-state index contributed by atoms with van der Waals surface area (Å²) in [4.78, 5) is 26.3. The molecule has 0 radical (unpaired) electrons. The number of aliphatic hydroxyl groups is 1. The lowest BCUT2D eigenvalue weighted by Gasteiger charge is -2.36. The van der Waals surface area contributed by atoms with E-state index in [4.69, 9.17) is 0 Å². The first-order valence-corrected chi connectivity index (χ1v) is 11.7. The van der Waals surface area contributed by atoms with Gasteiger partial charge in [0.2, 0.25) is 0 Å². The third-order valence-electron chi connectivity index (χ3n) is 6.45. The Balaban J connectivity index is 1.26. The molecule has 1 aliphatic heterocycles. The van der Waals surface area contributed by atoms with E-state index in [1.807, 2.05) is 28.1 Å². The molecule has 30 heavy (non-hydrogen) atoms. The molecule has 8 heteroatoms. The fraction of sp³-hybridized carbons (Fsp3) is 0.500. The van der Waals surface area contributed by atoms with Crippen molar-refractivity contribution < 1.29 is 5.11 Å². The molecule has 0 spiro atoms. The van der Waals surface area contributed by atoms with Crippen LogP contribution in [-0.4, -0.2) is 57.3 Å². The van der Waals surface area contributed by atoms with Gasteiger partial charge in [-0.15, -0.1) is 11.3 Å². The molecule has 1 aromatic carbocycles. The van der Waals surface area contributed by atoms with Gasteiger partial charge in [-0.2, -0.15) is 0 Å². The SMILES string of the molecule is O=c1c2ccc(N3CCN(CC(O)c4cscn4)CC3)cc2ncn1C1CCCC1. The van der Waals surface area contributed by atoms with E-state index in [1.165, 1.54) is 24.2 Å². The van der Waals surface area contributed by atoms with Crippen molar-refractivity contribution in [3.8, 4) is 0 Å². The average Bonchev–Trinajstić information content (AvgIpc) is 3.49. The molecule has 1 saturated heterocycles. The number of rotatable bonds is 5. The van der Waals surface area contributed by atoms with E-state index in [9.17, 15) is 9.90 Å². The van der Waals surface area contributed by atoms with Crippen molar-refractivity contribution in [2.45, 2.75) is 37.8 Å². The lowest BCUT2D eigenvalue weighted by atomic mass is 10.1. The van der Waals surface area contributed by atoms with Crippen LogP contribution < -0.4 is 10.5 Å². The van der Waals surface area contributed by atoms with Crippen molar-refractivity contribution >= 4 is 27.9 Å². The lowest BCUT2D eigenvalue weighted by molar-refractivity contribution is 0.107. The maximum Gasteiger partial charge on any atom is 0.261 e. The standard InChI is InChI=1S/C22H27N5O2S/c28-21(20-13-30-15-24-20)12-25-7-9-26(10-8-25)17-5-6-18-19(11-17)23-14-27(22(18)29)16-3-1-2-4-16/h5-6,11,13-16,21,28H,1-4,7-10,12H2. The Morgan fingerprint density at radius 1 is 1.13 bits per heavy atom. The summed E-state index contributed by atoms with van der Waals surface area (Å²) < 4.78 is 1.83. The van der Waals surface area contributed by atoms with Crippen LogP contribution in [0, 0.1) is 0 Å². The van der Waals surface area contributed by atoms with Gasteiger partial charge in [-0.05, 0) is 31.0 Å². The van der Waals surface area contributed by atoms with E-state index in [-0.39, 0.29) is 5.56 Å². The third kappa shape index (κ3) is 3.87. The molecule has 3 heterocycles. The zero-order valence-electron chi connectivity index (χ0n) is 17.0. The van der Waals surface area contributed by atoms with Crippen molar-refractivity contribution in [3.05, 3.63) is 51.5 Å². The molecule has 0 amide bonds. The van der Waals surface area contributed by atoms with Crippen LogP contribution in [0.4, 0.5) is 5.69 Å². The number of nitrogens with zero attached hydrogens (tertiary/aromatic N) is 5. The Morgan fingerprint density at radius 3 is 2.67 bits per heavy atom. The largest absolute Gasteiger partial charge is 0.385 e. The minimum Gasteiger partial charge on any atom is -0.385 e. The number of anilines is 1. The first kappa shape index (κ1) is 19.7. The van der Waals surface area contributed by atoms with Gasteiger partial charge in [-0.3, -0.25) is 14.3 Å². The molecule has 7 nitrogen and oxygen atoms in total. The molecule has 2 fully saturated rings. The molecule has 158 valence electrons. The highest BCUT2D eigenvalue weighted by Crippen LogP contribution is 2.29. The van der Waals surface area contributed by atoms with E-state index in [1.54, 1.807) is 11.8 Å². The molecule has 5 rings (SSSR count). The van der Waals surface area contributed by atoms with E-state index in [0.717, 1.165) is 55.9 Å². The quantitative estimate of drug-likeness (QED) is 0.678. The molecule has 1 aliphatic carbocycles. The monoisotopic (exact) mass is 425 g/mol. The second-order valence-electron chi connectivity index (χ2n) is 8.31. The van der Waals surface area contributed by atoms with Crippen LogP contribution in [0.1, 0.15) is 43.5 Å². The van der Waals surface area contributed by atoms with Crippen LogP contribution in [0.15, 0.2) is 40.2 Å². The number of hydrogen-bond acceptors (Lipinski definition) is 7. The number of hydrogen-bond donors (Lipinski definition) is 1. The molecule has 1 N–H and O–H groups in total. The zero-order chi connectivity index (χ0) is 20.5. The Bertz CT molecular complexity index is 1050. The normalized spacial score (nSPS) is 19.6. The molecule has 1 atom stereocenters. The highest BCUT2D eigenvalue weighted by Gasteiger charge is 2.22. The maximum absolute atomic E-state index is 12.9. The highest BCUT2D eigenvalue weighted by molar-refractivity contribution is 7.07. The Hall–Kier alpha value is -2.29. The van der Waals surface area contributed by atoms with Gasteiger partial charge in [-0.1, -0.05) is 12.8 Å². The van der Waals surface area contributed by atoms with Crippen molar-refractivity contribution in [1.29, 1.82) is 0 Å². The first-order chi connectivity index (χ1) is 14.7. The summed E-state index contributed by atoms with van der Waals surface area (Å²) in [5, 5.41) is 13.0. The van der Waals surface area contributed by atoms with E-state index in [0.29, 0.717) is 18.0 Å². The first-order valence-electron chi connectivity index (χ1n) is 10.7. The summed E-state index contributed by atoms with van der Waals surface area (Å²) in [6, 6.07) is 6.32. The molecule has 3 aromatic rings. The second-order valence-corrected chi connectivity index (χ2v) is 9.03. The van der Waals surface area contributed by atoms with Crippen molar-refractivity contribution in [3.63, 3.8) is 0 Å². The van der Waals surface area contributed by atoms with E-state index in [2.05, 4.69) is 19.8 Å². The second kappa shape index (κ2) is 8.45. The van der Waals surface area contributed by atoms with Gasteiger partial charge >= 0.3 is 0 Å². The highest BCUT2D eigenvalue weighted by atomic mass is 32.1. The molecular formula is C22H27N5O2S. The molecule has 2 aliphatic rings. The summed E-state index contributed by atoms with van der Waals surface area (Å²) in [6.45, 7) is 4.15. The third-order valence-corrected chi connectivity index (χ3v) is 7.05. The van der Waals surface area contributed by atoms with Crippen LogP contribution in [0.5, 0.6) is 0 Å². The number of aliphatic hydroxyl groups excluding tert-OH is 1. The number of aromatic nitrogens is 3. The van der Waals surface area contributed by atoms with Gasteiger partial charge in [0.1, 0.15) is 6.10 Å². The van der Waals surface area contributed by atoms with E-state index >= 15 is 0 Å². The summed E-state index contributed by atoms with van der Waals surface area (Å²) in [5.41, 5.74) is 4.47. The summed E-state index contributed by atoms with van der Waals surface area (Å²) >= 11 is 1.51. The molecule has 1 saturated carbocycles. The Labute approximate surface area is 179 Å². The molecule has 1 unspecified atom stereocenters. The zero-order valence-corrected chi connectivity index (χ0v) is 17.8. The molecular weight excluding hydrogens is 398 g/mol. The number of piperazine rings is 1. The van der Waals surface area contributed by atoms with Crippen molar-refractivity contribution in [1.82, 2.24) is 19.4 Å². The summed E-state index contributed by atoms with van der Waals surface area (Å²) in [7, 11) is 0. The lowest BCUT2D eigenvalue weighted by Crippen LogP contribution is -2.47. The van der Waals surface area contributed by atoms with Gasteiger partial charge in [0.15, 0.2) is 0 Å². The van der Waals surface area contributed by atoms with Gasteiger partial charge in [0.05, 0.1) is 28.4 Å². The molecule has 0 bridgehead atoms. The van der Waals surface area contributed by atoms with Crippen LogP contribution in [-0.2, 0) is 0 Å². The van der Waals surface area contributed by atoms with Crippen molar-refractivity contribution in [2.75, 3.05) is 37.6 Å². The predicted molar refractivity (Wildman–Crippen MR) is 119 cm³/mol. The minimum atomic E-state index is -0.533. The van der Waals surface area contributed by atoms with Crippen LogP contribution in [0.2, 0.25) is 0 Å².